The Bertz CT molecular complexity index is 322. The minimum atomic E-state index is 0.148. The lowest BCUT2D eigenvalue weighted by atomic mass is 9.68. The van der Waals surface area contributed by atoms with Gasteiger partial charge in [0.1, 0.15) is 0 Å². The van der Waals surface area contributed by atoms with E-state index in [9.17, 15) is 4.79 Å². The van der Waals surface area contributed by atoms with Gasteiger partial charge in [-0.3, -0.25) is 4.79 Å². The summed E-state index contributed by atoms with van der Waals surface area (Å²) >= 11 is 0. The summed E-state index contributed by atoms with van der Waals surface area (Å²) in [7, 11) is 1.70. The summed E-state index contributed by atoms with van der Waals surface area (Å²) in [5.74, 6) is 1.04. The molecule has 0 aromatic heterocycles. The van der Waals surface area contributed by atoms with Crippen LogP contribution in [0, 0.1) is 16.7 Å². The Morgan fingerprint density at radius 3 is 2.61 bits per heavy atom. The standard InChI is InChI=1S/C15H28N2O/c1-14(2)11-7-8-15(3,10-11)13(14)17-9-5-6-12(18)16-4/h11,13,17H,5-10H2,1-4H3,(H,16,18). The predicted molar refractivity (Wildman–Crippen MR) is 74.3 cm³/mol. The first kappa shape index (κ1) is 13.9. The molecule has 2 fully saturated rings. The number of rotatable bonds is 5. The van der Waals surface area contributed by atoms with Gasteiger partial charge in [0.05, 0.1) is 0 Å². The van der Waals surface area contributed by atoms with Crippen molar-refractivity contribution >= 4 is 5.91 Å². The number of carbonyl (C=O) groups excluding carboxylic acids is 1. The monoisotopic (exact) mass is 252 g/mol. The third-order valence-corrected chi connectivity index (χ3v) is 5.48. The molecule has 0 saturated heterocycles. The fourth-order valence-electron chi connectivity index (χ4n) is 4.43. The lowest BCUT2D eigenvalue weighted by molar-refractivity contribution is -0.120. The highest BCUT2D eigenvalue weighted by Crippen LogP contribution is 2.62. The van der Waals surface area contributed by atoms with Crippen LogP contribution in [0.3, 0.4) is 0 Å². The molecule has 2 rings (SSSR count). The van der Waals surface area contributed by atoms with E-state index < -0.39 is 0 Å². The molecule has 0 heterocycles. The average Bonchev–Trinajstić information content (AvgIpc) is 2.78. The first-order chi connectivity index (χ1) is 8.40. The molecule has 3 nitrogen and oxygen atoms in total. The van der Waals surface area contributed by atoms with Crippen LogP contribution in [0.1, 0.15) is 52.9 Å². The highest BCUT2D eigenvalue weighted by Gasteiger charge is 2.58. The lowest BCUT2D eigenvalue weighted by Crippen LogP contribution is -2.50. The van der Waals surface area contributed by atoms with Gasteiger partial charge < -0.3 is 10.6 Å². The van der Waals surface area contributed by atoms with Gasteiger partial charge in [-0.1, -0.05) is 20.8 Å². The summed E-state index contributed by atoms with van der Waals surface area (Å²) in [4.78, 5) is 11.2. The van der Waals surface area contributed by atoms with Crippen molar-refractivity contribution in [1.82, 2.24) is 10.6 Å². The summed E-state index contributed by atoms with van der Waals surface area (Å²) in [6.45, 7) is 8.24. The number of amides is 1. The van der Waals surface area contributed by atoms with Crippen molar-refractivity contribution in [3.8, 4) is 0 Å². The second-order valence-electron chi connectivity index (χ2n) is 7.08. The molecule has 0 aliphatic heterocycles. The quantitative estimate of drug-likeness (QED) is 0.737. The molecule has 2 N–H and O–H groups in total. The Hall–Kier alpha value is -0.570. The zero-order chi connectivity index (χ0) is 13.4. The van der Waals surface area contributed by atoms with E-state index >= 15 is 0 Å². The minimum Gasteiger partial charge on any atom is -0.359 e. The maximum Gasteiger partial charge on any atom is 0.219 e. The molecule has 3 unspecified atom stereocenters. The zero-order valence-corrected chi connectivity index (χ0v) is 12.3. The Labute approximate surface area is 111 Å². The number of hydrogen-bond donors (Lipinski definition) is 2. The van der Waals surface area contributed by atoms with Crippen LogP contribution in [-0.4, -0.2) is 25.5 Å². The highest BCUT2D eigenvalue weighted by molar-refractivity contribution is 5.75. The van der Waals surface area contributed by atoms with Gasteiger partial charge in [0.25, 0.3) is 0 Å². The Kier molecular flexibility index (Phi) is 3.72. The lowest BCUT2D eigenvalue weighted by Gasteiger charge is -2.43. The fraction of sp³-hybridized carbons (Fsp3) is 0.933. The number of nitrogens with one attached hydrogen (secondary N) is 2. The maximum atomic E-state index is 11.2. The molecule has 2 bridgehead atoms. The Morgan fingerprint density at radius 1 is 1.33 bits per heavy atom. The van der Waals surface area contributed by atoms with Crippen molar-refractivity contribution in [3.05, 3.63) is 0 Å². The molecule has 1 amide bonds. The molecule has 0 aromatic rings. The minimum absolute atomic E-state index is 0.148. The van der Waals surface area contributed by atoms with Gasteiger partial charge in [-0.15, -0.1) is 0 Å². The van der Waals surface area contributed by atoms with Gasteiger partial charge in [0.15, 0.2) is 0 Å². The third kappa shape index (κ3) is 2.29. The van der Waals surface area contributed by atoms with Crippen LogP contribution in [0.2, 0.25) is 0 Å². The van der Waals surface area contributed by atoms with Crippen LogP contribution in [0.15, 0.2) is 0 Å². The van der Waals surface area contributed by atoms with E-state index in [0.717, 1.165) is 18.9 Å². The Balaban J connectivity index is 1.84. The van der Waals surface area contributed by atoms with Gasteiger partial charge in [-0.25, -0.2) is 0 Å². The predicted octanol–water partition coefficient (Wildman–Crippen LogP) is 2.32. The van der Waals surface area contributed by atoms with Crippen molar-refractivity contribution in [2.24, 2.45) is 16.7 Å². The van der Waals surface area contributed by atoms with Crippen LogP contribution in [0.25, 0.3) is 0 Å². The number of carbonyl (C=O) groups is 1. The normalized spacial score (nSPS) is 36.9. The van der Waals surface area contributed by atoms with E-state index in [-0.39, 0.29) is 5.91 Å². The van der Waals surface area contributed by atoms with Crippen molar-refractivity contribution in [2.45, 2.75) is 58.9 Å². The fourth-order valence-corrected chi connectivity index (χ4v) is 4.43. The van der Waals surface area contributed by atoms with Crippen molar-refractivity contribution in [2.75, 3.05) is 13.6 Å². The van der Waals surface area contributed by atoms with Crippen LogP contribution in [0.4, 0.5) is 0 Å². The zero-order valence-electron chi connectivity index (χ0n) is 12.3. The van der Waals surface area contributed by atoms with E-state index in [0.29, 0.717) is 23.3 Å². The van der Waals surface area contributed by atoms with E-state index in [2.05, 4.69) is 31.4 Å². The molecule has 2 aliphatic rings. The topological polar surface area (TPSA) is 41.1 Å². The molecule has 2 aliphatic carbocycles. The van der Waals surface area contributed by atoms with Crippen LogP contribution in [0.5, 0.6) is 0 Å². The van der Waals surface area contributed by atoms with E-state index in [1.54, 1.807) is 7.05 Å². The van der Waals surface area contributed by atoms with Crippen molar-refractivity contribution in [3.63, 3.8) is 0 Å². The Morgan fingerprint density at radius 2 is 2.06 bits per heavy atom. The molecule has 0 radical (unpaired) electrons. The van der Waals surface area contributed by atoms with E-state index in [1.165, 1.54) is 19.3 Å². The van der Waals surface area contributed by atoms with E-state index in [1.807, 2.05) is 0 Å². The first-order valence-corrected chi connectivity index (χ1v) is 7.34. The molecule has 3 atom stereocenters. The van der Waals surface area contributed by atoms with Gasteiger partial charge in [0, 0.05) is 19.5 Å². The molecule has 104 valence electrons. The second-order valence-corrected chi connectivity index (χ2v) is 7.08. The summed E-state index contributed by atoms with van der Waals surface area (Å²) in [5, 5.41) is 6.42. The average molecular weight is 252 g/mol. The van der Waals surface area contributed by atoms with Gasteiger partial charge in [0.2, 0.25) is 5.91 Å². The molecule has 0 aromatic carbocycles. The number of fused-ring (bicyclic) bond motifs is 2. The van der Waals surface area contributed by atoms with Gasteiger partial charge >= 0.3 is 0 Å². The summed E-state index contributed by atoms with van der Waals surface area (Å²) in [6.07, 6.45) is 5.73. The molecule has 0 spiro atoms. The highest BCUT2D eigenvalue weighted by atomic mass is 16.1. The third-order valence-electron chi connectivity index (χ3n) is 5.48. The van der Waals surface area contributed by atoms with Crippen LogP contribution in [-0.2, 0) is 4.79 Å². The van der Waals surface area contributed by atoms with Crippen molar-refractivity contribution in [1.29, 1.82) is 0 Å². The first-order valence-electron chi connectivity index (χ1n) is 7.34. The summed E-state index contributed by atoms with van der Waals surface area (Å²) in [6, 6.07) is 0.619. The molecule has 2 saturated carbocycles. The van der Waals surface area contributed by atoms with E-state index in [4.69, 9.17) is 0 Å². The van der Waals surface area contributed by atoms with Gasteiger partial charge in [-0.2, -0.15) is 0 Å². The van der Waals surface area contributed by atoms with Crippen LogP contribution >= 0.6 is 0 Å². The largest absolute Gasteiger partial charge is 0.359 e. The smallest absolute Gasteiger partial charge is 0.219 e. The second kappa shape index (κ2) is 4.84. The van der Waals surface area contributed by atoms with Crippen molar-refractivity contribution < 1.29 is 4.79 Å². The van der Waals surface area contributed by atoms with Crippen LogP contribution < -0.4 is 10.6 Å². The molecular formula is C15H28N2O. The molecular weight excluding hydrogens is 224 g/mol. The SMILES string of the molecule is CNC(=O)CCCNC1C2(C)CCC(C2)C1(C)C. The summed E-state index contributed by atoms with van der Waals surface area (Å²) < 4.78 is 0. The van der Waals surface area contributed by atoms with Gasteiger partial charge in [-0.05, 0) is 49.0 Å². The molecule has 18 heavy (non-hydrogen) atoms. The summed E-state index contributed by atoms with van der Waals surface area (Å²) in [5.41, 5.74) is 0.904. The maximum absolute atomic E-state index is 11.2. The molecule has 3 heteroatoms. The number of hydrogen-bond acceptors (Lipinski definition) is 2.